The second-order valence-electron chi connectivity index (χ2n) is 4.76. The van der Waals surface area contributed by atoms with Crippen LogP contribution in [0.4, 0.5) is 0 Å². The summed E-state index contributed by atoms with van der Waals surface area (Å²) in [6.45, 7) is 6.70. The molecule has 5 heteroatoms. The number of nitrogens with one attached hydrogen (secondary N) is 1. The van der Waals surface area contributed by atoms with E-state index in [0.717, 1.165) is 5.75 Å². The quantitative estimate of drug-likeness (QED) is 0.727. The highest BCUT2D eigenvalue weighted by Gasteiger charge is 2.17. The lowest BCUT2D eigenvalue weighted by atomic mass is 10.2. The number of carbonyl (C=O) groups is 1. The van der Waals surface area contributed by atoms with Gasteiger partial charge in [0.25, 0.3) is 0 Å². The van der Waals surface area contributed by atoms with Crippen LogP contribution in [-0.4, -0.2) is 36.4 Å². The summed E-state index contributed by atoms with van der Waals surface area (Å²) in [6, 6.07) is 6.86. The molecule has 0 aliphatic rings. The molecule has 0 saturated heterocycles. The topological polar surface area (TPSA) is 67.8 Å². The summed E-state index contributed by atoms with van der Waals surface area (Å²) in [7, 11) is 0. The van der Waals surface area contributed by atoms with Crippen molar-refractivity contribution in [3.63, 3.8) is 0 Å². The average molecular weight is 281 g/mol. The minimum atomic E-state index is -0.856. The number of hydrogen-bond donors (Lipinski definition) is 2. The van der Waals surface area contributed by atoms with Gasteiger partial charge in [-0.25, -0.2) is 0 Å². The van der Waals surface area contributed by atoms with Gasteiger partial charge in [-0.15, -0.1) is 0 Å². The second kappa shape index (κ2) is 8.43. The van der Waals surface area contributed by atoms with Gasteiger partial charge in [0.2, 0.25) is 0 Å². The number of benzene rings is 1. The Bertz CT molecular complexity index is 420. The van der Waals surface area contributed by atoms with E-state index < -0.39 is 12.0 Å². The molecule has 2 N–H and O–H groups in total. The minimum Gasteiger partial charge on any atom is -0.494 e. The highest BCUT2D eigenvalue weighted by Crippen LogP contribution is 2.19. The van der Waals surface area contributed by atoms with E-state index in [0.29, 0.717) is 25.4 Å². The maximum Gasteiger partial charge on any atom is 0.320 e. The third-order valence-corrected chi connectivity index (χ3v) is 2.62. The molecule has 5 nitrogen and oxygen atoms in total. The largest absolute Gasteiger partial charge is 0.494 e. The molecule has 0 amide bonds. The molecular weight excluding hydrogens is 258 g/mol. The van der Waals surface area contributed by atoms with Gasteiger partial charge in [0.1, 0.15) is 17.5 Å². The first-order valence-corrected chi connectivity index (χ1v) is 6.87. The molecule has 0 spiro atoms. The van der Waals surface area contributed by atoms with Gasteiger partial charge in [0, 0.05) is 18.5 Å². The number of ether oxygens (including phenoxy) is 2. The molecule has 0 heterocycles. The van der Waals surface area contributed by atoms with Gasteiger partial charge in [-0.1, -0.05) is 19.9 Å². The van der Waals surface area contributed by atoms with Gasteiger partial charge in [-0.05, 0) is 19.1 Å². The Kier molecular flexibility index (Phi) is 6.87. The monoisotopic (exact) mass is 281 g/mol. The van der Waals surface area contributed by atoms with E-state index in [1.54, 1.807) is 6.07 Å². The third-order valence-electron chi connectivity index (χ3n) is 2.62. The molecule has 0 radical (unpaired) electrons. The van der Waals surface area contributed by atoms with Crippen molar-refractivity contribution < 1.29 is 19.4 Å². The van der Waals surface area contributed by atoms with Gasteiger partial charge in [0.05, 0.1) is 13.2 Å². The average Bonchev–Trinajstić information content (AvgIpc) is 2.38. The fraction of sp³-hybridized carbons (Fsp3) is 0.533. The first kappa shape index (κ1) is 16.3. The molecule has 0 saturated carbocycles. The van der Waals surface area contributed by atoms with Crippen molar-refractivity contribution in [1.82, 2.24) is 5.32 Å². The lowest BCUT2D eigenvalue weighted by Crippen LogP contribution is -2.41. The summed E-state index contributed by atoms with van der Waals surface area (Å²) < 4.78 is 11.0. The Morgan fingerprint density at radius 2 is 1.95 bits per heavy atom. The van der Waals surface area contributed by atoms with E-state index in [9.17, 15) is 4.79 Å². The predicted molar refractivity (Wildman–Crippen MR) is 77.4 cm³/mol. The summed E-state index contributed by atoms with van der Waals surface area (Å²) in [5.41, 5.74) is 0. The standard InChI is InChI=1S/C15H23NO4/c1-4-19-12-6-5-7-13(10-12)20-9-8-14(15(17)18)16-11(2)3/h5-7,10-11,14,16H,4,8-9H2,1-3H3,(H,17,18). The minimum absolute atomic E-state index is 0.123. The van der Waals surface area contributed by atoms with Crippen LogP contribution in [0.25, 0.3) is 0 Å². The predicted octanol–water partition coefficient (Wildman–Crippen LogP) is 2.31. The highest BCUT2D eigenvalue weighted by atomic mass is 16.5. The Hall–Kier alpha value is -1.75. The summed E-state index contributed by atoms with van der Waals surface area (Å²) in [5.74, 6) is 0.579. The Labute approximate surface area is 119 Å². The van der Waals surface area contributed by atoms with Crippen LogP contribution in [0.2, 0.25) is 0 Å². The number of carboxylic acids is 1. The molecule has 0 aliphatic carbocycles. The van der Waals surface area contributed by atoms with E-state index in [1.807, 2.05) is 39.0 Å². The van der Waals surface area contributed by atoms with Crippen LogP contribution in [-0.2, 0) is 4.79 Å². The highest BCUT2D eigenvalue weighted by molar-refractivity contribution is 5.73. The van der Waals surface area contributed by atoms with Crippen molar-refractivity contribution in [3.05, 3.63) is 24.3 Å². The fourth-order valence-electron chi connectivity index (χ4n) is 1.80. The first-order chi connectivity index (χ1) is 9.52. The first-order valence-electron chi connectivity index (χ1n) is 6.87. The normalized spacial score (nSPS) is 12.2. The van der Waals surface area contributed by atoms with E-state index in [-0.39, 0.29) is 6.04 Å². The molecule has 0 bridgehead atoms. The molecule has 0 aromatic heterocycles. The molecule has 1 aromatic carbocycles. The zero-order valence-electron chi connectivity index (χ0n) is 12.3. The molecule has 1 unspecified atom stereocenters. The number of aliphatic carboxylic acids is 1. The Morgan fingerprint density at radius 1 is 1.30 bits per heavy atom. The zero-order valence-corrected chi connectivity index (χ0v) is 12.3. The molecule has 0 fully saturated rings. The fourth-order valence-corrected chi connectivity index (χ4v) is 1.80. The van der Waals surface area contributed by atoms with E-state index in [2.05, 4.69) is 5.32 Å². The summed E-state index contributed by atoms with van der Waals surface area (Å²) in [4.78, 5) is 11.1. The zero-order chi connectivity index (χ0) is 15.0. The molecule has 1 rings (SSSR count). The van der Waals surface area contributed by atoms with Crippen molar-refractivity contribution in [3.8, 4) is 11.5 Å². The van der Waals surface area contributed by atoms with E-state index >= 15 is 0 Å². The van der Waals surface area contributed by atoms with Crippen LogP contribution in [0.15, 0.2) is 24.3 Å². The van der Waals surface area contributed by atoms with Crippen molar-refractivity contribution in [1.29, 1.82) is 0 Å². The molecule has 112 valence electrons. The van der Waals surface area contributed by atoms with Gasteiger partial charge in [-0.3, -0.25) is 4.79 Å². The van der Waals surface area contributed by atoms with Gasteiger partial charge in [0.15, 0.2) is 0 Å². The Balaban J connectivity index is 2.45. The maximum atomic E-state index is 11.1. The van der Waals surface area contributed by atoms with Gasteiger partial charge >= 0.3 is 5.97 Å². The number of hydrogen-bond acceptors (Lipinski definition) is 4. The lowest BCUT2D eigenvalue weighted by molar-refractivity contribution is -0.140. The van der Waals surface area contributed by atoms with Crippen LogP contribution >= 0.6 is 0 Å². The summed E-state index contributed by atoms with van der Waals surface area (Å²) >= 11 is 0. The SMILES string of the molecule is CCOc1cccc(OCCC(NC(C)C)C(=O)O)c1. The van der Waals surface area contributed by atoms with Crippen LogP contribution in [0.5, 0.6) is 11.5 Å². The van der Waals surface area contributed by atoms with E-state index in [1.165, 1.54) is 0 Å². The molecule has 1 atom stereocenters. The van der Waals surface area contributed by atoms with Crippen molar-refractivity contribution >= 4 is 5.97 Å². The van der Waals surface area contributed by atoms with Crippen molar-refractivity contribution in [2.45, 2.75) is 39.3 Å². The number of rotatable bonds is 9. The van der Waals surface area contributed by atoms with Crippen molar-refractivity contribution in [2.75, 3.05) is 13.2 Å². The van der Waals surface area contributed by atoms with Crippen LogP contribution in [0.3, 0.4) is 0 Å². The van der Waals surface area contributed by atoms with Gasteiger partial charge < -0.3 is 19.9 Å². The van der Waals surface area contributed by atoms with E-state index in [4.69, 9.17) is 14.6 Å². The van der Waals surface area contributed by atoms with Crippen LogP contribution in [0, 0.1) is 0 Å². The van der Waals surface area contributed by atoms with Crippen LogP contribution < -0.4 is 14.8 Å². The molecular formula is C15H23NO4. The third kappa shape index (κ3) is 5.93. The lowest BCUT2D eigenvalue weighted by Gasteiger charge is -2.17. The molecule has 1 aromatic rings. The summed E-state index contributed by atoms with van der Waals surface area (Å²) in [5, 5.41) is 12.1. The molecule has 0 aliphatic heterocycles. The molecule has 20 heavy (non-hydrogen) atoms. The van der Waals surface area contributed by atoms with Crippen molar-refractivity contribution in [2.24, 2.45) is 0 Å². The smallest absolute Gasteiger partial charge is 0.320 e. The maximum absolute atomic E-state index is 11.1. The number of carboxylic acid groups (broad SMARTS) is 1. The van der Waals surface area contributed by atoms with Gasteiger partial charge in [-0.2, -0.15) is 0 Å². The Morgan fingerprint density at radius 3 is 2.50 bits per heavy atom. The van der Waals surface area contributed by atoms with Crippen LogP contribution in [0.1, 0.15) is 27.2 Å². The summed E-state index contributed by atoms with van der Waals surface area (Å²) in [6.07, 6.45) is 0.409. The second-order valence-corrected chi connectivity index (χ2v) is 4.76.